The molecule has 0 N–H and O–H groups in total. The summed E-state index contributed by atoms with van der Waals surface area (Å²) in [6.45, 7) is 6.62. The second kappa shape index (κ2) is 9.24. The summed E-state index contributed by atoms with van der Waals surface area (Å²) in [6.07, 6.45) is 4.12. The van der Waals surface area contributed by atoms with E-state index in [4.69, 9.17) is 26.8 Å². The summed E-state index contributed by atoms with van der Waals surface area (Å²) >= 11 is 6.40. The highest BCUT2D eigenvalue weighted by Crippen LogP contribution is 2.30. The molecular formula is C25H26ClN7. The van der Waals surface area contributed by atoms with Crippen LogP contribution in [0.15, 0.2) is 48.7 Å². The van der Waals surface area contributed by atoms with E-state index in [-0.39, 0.29) is 6.04 Å². The Hall–Kier alpha value is -3.37. The van der Waals surface area contributed by atoms with Gasteiger partial charge in [0.15, 0.2) is 0 Å². The summed E-state index contributed by atoms with van der Waals surface area (Å²) in [4.78, 5) is 21.2. The minimum Gasteiger partial charge on any atom is -0.352 e. The van der Waals surface area contributed by atoms with Crippen molar-refractivity contribution in [1.82, 2.24) is 15.0 Å². The van der Waals surface area contributed by atoms with E-state index in [0.29, 0.717) is 10.6 Å². The summed E-state index contributed by atoms with van der Waals surface area (Å²) in [6, 6.07) is 15.8. The van der Waals surface area contributed by atoms with Crippen molar-refractivity contribution in [2.45, 2.75) is 25.8 Å². The Morgan fingerprint density at radius 3 is 2.48 bits per heavy atom. The van der Waals surface area contributed by atoms with E-state index < -0.39 is 0 Å². The van der Waals surface area contributed by atoms with Gasteiger partial charge in [-0.25, -0.2) is 9.97 Å². The van der Waals surface area contributed by atoms with Crippen molar-refractivity contribution in [1.29, 1.82) is 5.26 Å². The standard InChI is InChI=1S/C25H26ClN7/c1-18-17-32(24-21(26)5-4-10-28-24)13-14-33(18)23-15-22(20-8-6-19(16-27)7-9-20)29-25(30-23)31-11-2-3-12-31/h4-10,15,18H,2-3,11-14,17H2,1H3. The molecule has 0 bridgehead atoms. The molecule has 2 fully saturated rings. The number of aromatic nitrogens is 3. The molecule has 5 rings (SSSR count). The molecule has 1 unspecified atom stereocenters. The molecule has 33 heavy (non-hydrogen) atoms. The number of rotatable bonds is 4. The number of piperazine rings is 1. The zero-order valence-corrected chi connectivity index (χ0v) is 19.4. The Morgan fingerprint density at radius 1 is 1.00 bits per heavy atom. The van der Waals surface area contributed by atoms with Gasteiger partial charge in [-0.2, -0.15) is 10.2 Å². The molecule has 0 saturated carbocycles. The maximum Gasteiger partial charge on any atom is 0.227 e. The maximum atomic E-state index is 9.15. The minimum absolute atomic E-state index is 0.229. The molecule has 2 aliphatic rings. The van der Waals surface area contributed by atoms with Gasteiger partial charge in [-0.15, -0.1) is 0 Å². The summed E-state index contributed by atoms with van der Waals surface area (Å²) in [5, 5.41) is 9.83. The SMILES string of the molecule is CC1CN(c2ncccc2Cl)CCN1c1cc(-c2ccc(C#N)cc2)nc(N2CCCC2)n1. The Bertz CT molecular complexity index is 1170. The molecule has 168 valence electrons. The number of hydrogen-bond donors (Lipinski definition) is 0. The van der Waals surface area contributed by atoms with E-state index in [0.717, 1.165) is 61.6 Å². The Labute approximate surface area is 199 Å². The first-order valence-corrected chi connectivity index (χ1v) is 11.8. The summed E-state index contributed by atoms with van der Waals surface area (Å²) in [7, 11) is 0. The predicted octanol–water partition coefficient (Wildman–Crippen LogP) is 4.38. The van der Waals surface area contributed by atoms with Gasteiger partial charge >= 0.3 is 0 Å². The molecular weight excluding hydrogens is 434 g/mol. The van der Waals surface area contributed by atoms with Gasteiger partial charge in [0.05, 0.1) is 22.3 Å². The van der Waals surface area contributed by atoms with Crippen LogP contribution in [0.4, 0.5) is 17.6 Å². The number of halogens is 1. The lowest BCUT2D eigenvalue weighted by Gasteiger charge is -2.41. The maximum absolute atomic E-state index is 9.15. The Kier molecular flexibility index (Phi) is 6.01. The first kappa shape index (κ1) is 21.5. The second-order valence-corrected chi connectivity index (χ2v) is 9.00. The molecule has 7 nitrogen and oxygen atoms in total. The fourth-order valence-corrected chi connectivity index (χ4v) is 4.83. The highest BCUT2D eigenvalue weighted by Gasteiger charge is 2.28. The van der Waals surface area contributed by atoms with E-state index in [1.54, 1.807) is 6.20 Å². The van der Waals surface area contributed by atoms with Crippen LogP contribution < -0.4 is 14.7 Å². The van der Waals surface area contributed by atoms with Gasteiger partial charge in [0.25, 0.3) is 0 Å². The Morgan fingerprint density at radius 2 is 1.79 bits per heavy atom. The highest BCUT2D eigenvalue weighted by molar-refractivity contribution is 6.32. The zero-order valence-electron chi connectivity index (χ0n) is 18.7. The van der Waals surface area contributed by atoms with E-state index >= 15 is 0 Å². The van der Waals surface area contributed by atoms with Crippen LogP contribution in [0.3, 0.4) is 0 Å². The molecule has 0 radical (unpaired) electrons. The van der Waals surface area contributed by atoms with Gasteiger partial charge in [-0.1, -0.05) is 23.7 Å². The molecule has 2 aliphatic heterocycles. The van der Waals surface area contributed by atoms with Crippen LogP contribution in [0.25, 0.3) is 11.3 Å². The molecule has 0 spiro atoms. The van der Waals surface area contributed by atoms with Crippen LogP contribution in [-0.2, 0) is 0 Å². The van der Waals surface area contributed by atoms with Crippen molar-refractivity contribution in [3.8, 4) is 17.3 Å². The number of hydrogen-bond acceptors (Lipinski definition) is 7. The van der Waals surface area contributed by atoms with Gasteiger partial charge < -0.3 is 14.7 Å². The quantitative estimate of drug-likeness (QED) is 0.573. The minimum atomic E-state index is 0.229. The van der Waals surface area contributed by atoms with E-state index in [9.17, 15) is 0 Å². The van der Waals surface area contributed by atoms with Crippen molar-refractivity contribution < 1.29 is 0 Å². The molecule has 3 aromatic rings. The van der Waals surface area contributed by atoms with Gasteiger partial charge in [0, 0.05) is 56.6 Å². The van der Waals surface area contributed by atoms with Gasteiger partial charge in [-0.05, 0) is 44.0 Å². The lowest BCUT2D eigenvalue weighted by molar-refractivity contribution is 0.542. The Balaban J connectivity index is 1.46. The molecule has 1 atom stereocenters. The lowest BCUT2D eigenvalue weighted by atomic mass is 10.1. The van der Waals surface area contributed by atoms with Gasteiger partial charge in [-0.3, -0.25) is 0 Å². The van der Waals surface area contributed by atoms with Crippen molar-refractivity contribution in [3.05, 3.63) is 59.2 Å². The van der Waals surface area contributed by atoms with Crippen LogP contribution in [0, 0.1) is 11.3 Å². The third kappa shape index (κ3) is 4.44. The van der Waals surface area contributed by atoms with E-state index in [1.807, 2.05) is 36.4 Å². The number of nitriles is 1. The lowest BCUT2D eigenvalue weighted by Crippen LogP contribution is -2.52. The third-order valence-electron chi connectivity index (χ3n) is 6.36. The smallest absolute Gasteiger partial charge is 0.227 e. The molecule has 2 saturated heterocycles. The predicted molar refractivity (Wildman–Crippen MR) is 132 cm³/mol. The second-order valence-electron chi connectivity index (χ2n) is 8.59. The van der Waals surface area contributed by atoms with Crippen molar-refractivity contribution in [3.63, 3.8) is 0 Å². The molecule has 1 aromatic carbocycles. The van der Waals surface area contributed by atoms with Crippen molar-refractivity contribution in [2.24, 2.45) is 0 Å². The fraction of sp³-hybridized carbons (Fsp3) is 0.360. The summed E-state index contributed by atoms with van der Waals surface area (Å²) in [5.41, 5.74) is 2.52. The van der Waals surface area contributed by atoms with E-state index in [2.05, 4.69) is 38.7 Å². The van der Waals surface area contributed by atoms with Crippen LogP contribution in [0.5, 0.6) is 0 Å². The average molecular weight is 460 g/mol. The van der Waals surface area contributed by atoms with Crippen LogP contribution >= 0.6 is 11.6 Å². The monoisotopic (exact) mass is 459 g/mol. The number of anilines is 3. The van der Waals surface area contributed by atoms with Crippen LogP contribution in [0.2, 0.25) is 5.02 Å². The fourth-order valence-electron chi connectivity index (χ4n) is 4.59. The molecule has 8 heteroatoms. The number of pyridine rings is 1. The first-order chi connectivity index (χ1) is 16.1. The number of benzene rings is 1. The first-order valence-electron chi connectivity index (χ1n) is 11.4. The molecule has 4 heterocycles. The third-order valence-corrected chi connectivity index (χ3v) is 6.65. The molecule has 0 aliphatic carbocycles. The van der Waals surface area contributed by atoms with Gasteiger partial charge in [0.1, 0.15) is 11.6 Å². The van der Waals surface area contributed by atoms with Crippen molar-refractivity contribution in [2.75, 3.05) is 47.4 Å². The normalized spacial score (nSPS) is 18.5. The van der Waals surface area contributed by atoms with Crippen molar-refractivity contribution >= 4 is 29.2 Å². The summed E-state index contributed by atoms with van der Waals surface area (Å²) < 4.78 is 0. The highest BCUT2D eigenvalue weighted by atomic mass is 35.5. The topological polar surface area (TPSA) is 72.2 Å². The molecule has 2 aromatic heterocycles. The average Bonchev–Trinajstić information content (AvgIpc) is 3.39. The summed E-state index contributed by atoms with van der Waals surface area (Å²) in [5.74, 6) is 2.56. The largest absolute Gasteiger partial charge is 0.352 e. The van der Waals surface area contributed by atoms with Crippen LogP contribution in [-0.4, -0.2) is 53.7 Å². The number of nitrogens with zero attached hydrogens (tertiary/aromatic N) is 7. The van der Waals surface area contributed by atoms with Crippen LogP contribution in [0.1, 0.15) is 25.3 Å². The molecule has 0 amide bonds. The van der Waals surface area contributed by atoms with E-state index in [1.165, 1.54) is 12.8 Å². The zero-order chi connectivity index (χ0) is 22.8. The van der Waals surface area contributed by atoms with Gasteiger partial charge in [0.2, 0.25) is 5.95 Å².